The molecule has 0 atom stereocenters. The summed E-state index contributed by atoms with van der Waals surface area (Å²) < 4.78 is 44.7. The first kappa shape index (κ1) is 15.2. The molecular weight excluding hydrogens is 311 g/mol. The number of hydrogen-bond acceptors (Lipinski definition) is 3. The quantitative estimate of drug-likeness (QED) is 0.902. The van der Waals surface area contributed by atoms with Gasteiger partial charge in [0.2, 0.25) is 0 Å². The molecule has 1 aromatic carbocycles. The van der Waals surface area contributed by atoms with Gasteiger partial charge in [-0.25, -0.2) is 0 Å². The monoisotopic (exact) mass is 321 g/mol. The van der Waals surface area contributed by atoms with Crippen molar-refractivity contribution in [3.63, 3.8) is 0 Å². The Labute approximate surface area is 122 Å². The van der Waals surface area contributed by atoms with Gasteiger partial charge in [0.1, 0.15) is 12.4 Å². The Hall–Kier alpha value is -1.24. The maximum absolute atomic E-state index is 13.0. The molecule has 0 aliphatic heterocycles. The molecule has 2 nitrogen and oxygen atoms in total. The summed E-state index contributed by atoms with van der Waals surface area (Å²) >= 11 is 7.02. The van der Waals surface area contributed by atoms with Gasteiger partial charge in [-0.1, -0.05) is 17.7 Å². The highest BCUT2D eigenvalue weighted by atomic mass is 35.5. The molecule has 2 aromatic rings. The van der Waals surface area contributed by atoms with Gasteiger partial charge in [0.15, 0.2) is 0 Å². The molecule has 20 heavy (non-hydrogen) atoms. The van der Waals surface area contributed by atoms with Crippen molar-refractivity contribution in [3.05, 3.63) is 50.7 Å². The number of halogens is 4. The van der Waals surface area contributed by atoms with Crippen molar-refractivity contribution >= 4 is 22.9 Å². The first-order chi connectivity index (χ1) is 9.40. The molecule has 0 aliphatic carbocycles. The summed E-state index contributed by atoms with van der Waals surface area (Å²) in [6.07, 6.45) is -4.48. The van der Waals surface area contributed by atoms with Crippen LogP contribution in [0.25, 0.3) is 0 Å². The van der Waals surface area contributed by atoms with Gasteiger partial charge >= 0.3 is 6.18 Å². The molecule has 0 saturated carbocycles. The summed E-state index contributed by atoms with van der Waals surface area (Å²) in [7, 11) is 0. The van der Waals surface area contributed by atoms with Gasteiger partial charge in [-0.2, -0.15) is 13.2 Å². The van der Waals surface area contributed by atoms with Gasteiger partial charge in [-0.15, -0.1) is 11.3 Å². The smallest absolute Gasteiger partial charge is 0.419 e. The van der Waals surface area contributed by atoms with E-state index in [9.17, 15) is 13.2 Å². The minimum Gasteiger partial charge on any atom is -0.487 e. The van der Waals surface area contributed by atoms with Crippen LogP contribution in [0.15, 0.2) is 30.3 Å². The van der Waals surface area contributed by atoms with Crippen molar-refractivity contribution in [2.24, 2.45) is 5.73 Å². The van der Waals surface area contributed by atoms with Crippen molar-refractivity contribution in [2.45, 2.75) is 19.3 Å². The van der Waals surface area contributed by atoms with E-state index in [4.69, 9.17) is 22.1 Å². The highest BCUT2D eigenvalue weighted by Crippen LogP contribution is 2.37. The number of hydrogen-bond donors (Lipinski definition) is 1. The molecule has 0 fully saturated rings. The molecule has 0 unspecified atom stereocenters. The maximum atomic E-state index is 13.0. The third-order valence-electron chi connectivity index (χ3n) is 2.58. The van der Waals surface area contributed by atoms with Crippen LogP contribution in [0.3, 0.4) is 0 Å². The lowest BCUT2D eigenvalue weighted by molar-refractivity contribution is -0.139. The van der Waals surface area contributed by atoms with E-state index in [2.05, 4.69) is 0 Å². The van der Waals surface area contributed by atoms with E-state index >= 15 is 0 Å². The summed E-state index contributed by atoms with van der Waals surface area (Å²) in [6.45, 7) is 0.0896. The number of benzene rings is 1. The highest BCUT2D eigenvalue weighted by molar-refractivity contribution is 7.16. The van der Waals surface area contributed by atoms with Crippen LogP contribution in [-0.2, 0) is 19.3 Å². The summed E-state index contributed by atoms with van der Waals surface area (Å²) in [5.41, 5.74) is 4.95. The molecule has 0 amide bonds. The minimum absolute atomic E-state index is 0.0441. The predicted octanol–water partition coefficient (Wildman–Crippen LogP) is 4.46. The lowest BCUT2D eigenvalue weighted by Crippen LogP contribution is -2.10. The lowest BCUT2D eigenvalue weighted by Gasteiger charge is -2.14. The van der Waals surface area contributed by atoms with Crippen LogP contribution in [0, 0.1) is 0 Å². The fourth-order valence-corrected chi connectivity index (χ4v) is 2.63. The second kappa shape index (κ2) is 6.03. The van der Waals surface area contributed by atoms with Crippen LogP contribution in [0.5, 0.6) is 5.75 Å². The Balaban J connectivity index is 2.22. The van der Waals surface area contributed by atoms with Gasteiger partial charge in [-0.3, -0.25) is 0 Å². The normalized spacial score (nSPS) is 11.7. The van der Waals surface area contributed by atoms with Crippen LogP contribution in [0.2, 0.25) is 4.34 Å². The summed E-state index contributed by atoms with van der Waals surface area (Å²) in [5, 5.41) is 0. The molecular formula is C13H11ClF3NOS. The van der Waals surface area contributed by atoms with E-state index in [1.165, 1.54) is 23.5 Å². The molecule has 2 N–H and O–H groups in total. The molecule has 0 aliphatic rings. The van der Waals surface area contributed by atoms with Crippen molar-refractivity contribution in [2.75, 3.05) is 0 Å². The highest BCUT2D eigenvalue weighted by Gasteiger charge is 2.34. The van der Waals surface area contributed by atoms with Gasteiger partial charge < -0.3 is 10.5 Å². The topological polar surface area (TPSA) is 35.2 Å². The number of alkyl halides is 3. The third kappa shape index (κ3) is 3.65. The molecule has 0 radical (unpaired) electrons. The standard InChI is InChI=1S/C13H11ClF3NOS/c14-12-4-2-9(20-12)7-19-11-3-1-8(6-18)5-10(11)13(15,16)17/h1-5H,6-7,18H2. The molecule has 1 heterocycles. The van der Waals surface area contributed by atoms with Crippen molar-refractivity contribution < 1.29 is 17.9 Å². The van der Waals surface area contributed by atoms with Crippen LogP contribution in [0.1, 0.15) is 16.0 Å². The van der Waals surface area contributed by atoms with Gasteiger partial charge in [0.05, 0.1) is 9.90 Å². The van der Waals surface area contributed by atoms with Gasteiger partial charge in [0.25, 0.3) is 0 Å². The molecule has 0 bridgehead atoms. The fourth-order valence-electron chi connectivity index (χ4n) is 1.63. The number of ether oxygens (including phenoxy) is 1. The fraction of sp³-hybridized carbons (Fsp3) is 0.231. The van der Waals surface area contributed by atoms with Crippen LogP contribution < -0.4 is 10.5 Å². The van der Waals surface area contributed by atoms with E-state index in [0.717, 1.165) is 10.9 Å². The first-order valence-corrected chi connectivity index (χ1v) is 6.87. The summed E-state index contributed by atoms with van der Waals surface area (Å²) in [6, 6.07) is 7.21. The number of rotatable bonds is 4. The molecule has 2 rings (SSSR count). The average Bonchev–Trinajstić information content (AvgIpc) is 2.81. The van der Waals surface area contributed by atoms with Crippen LogP contribution in [-0.4, -0.2) is 0 Å². The van der Waals surface area contributed by atoms with Crippen molar-refractivity contribution in [1.29, 1.82) is 0 Å². The molecule has 1 aromatic heterocycles. The molecule has 7 heteroatoms. The minimum atomic E-state index is -4.48. The Morgan fingerprint density at radius 2 is 1.95 bits per heavy atom. The van der Waals surface area contributed by atoms with Crippen LogP contribution in [0.4, 0.5) is 13.2 Å². The second-order valence-electron chi connectivity index (χ2n) is 4.03. The van der Waals surface area contributed by atoms with E-state index in [1.807, 2.05) is 0 Å². The zero-order valence-electron chi connectivity index (χ0n) is 10.2. The van der Waals surface area contributed by atoms with E-state index in [0.29, 0.717) is 9.90 Å². The lowest BCUT2D eigenvalue weighted by atomic mass is 10.1. The summed E-state index contributed by atoms with van der Waals surface area (Å²) in [4.78, 5) is 0.756. The average molecular weight is 322 g/mol. The SMILES string of the molecule is NCc1ccc(OCc2ccc(Cl)s2)c(C(F)(F)F)c1. The molecule has 0 spiro atoms. The summed E-state index contributed by atoms with van der Waals surface area (Å²) in [5.74, 6) is -0.209. The van der Waals surface area contributed by atoms with Gasteiger partial charge in [0, 0.05) is 11.4 Å². The largest absolute Gasteiger partial charge is 0.487 e. The molecule has 0 saturated heterocycles. The van der Waals surface area contributed by atoms with E-state index in [1.54, 1.807) is 12.1 Å². The predicted molar refractivity (Wildman–Crippen MR) is 73.0 cm³/mol. The third-order valence-corrected chi connectivity index (χ3v) is 3.79. The second-order valence-corrected chi connectivity index (χ2v) is 5.83. The Morgan fingerprint density at radius 3 is 2.50 bits per heavy atom. The van der Waals surface area contributed by atoms with E-state index in [-0.39, 0.29) is 18.9 Å². The van der Waals surface area contributed by atoms with Crippen molar-refractivity contribution in [1.82, 2.24) is 0 Å². The Morgan fingerprint density at radius 1 is 1.20 bits per heavy atom. The number of nitrogens with two attached hydrogens (primary N) is 1. The molecule has 108 valence electrons. The Kier molecular flexibility index (Phi) is 4.57. The zero-order chi connectivity index (χ0) is 14.8. The number of thiophene rings is 1. The van der Waals surface area contributed by atoms with Crippen LogP contribution >= 0.6 is 22.9 Å². The first-order valence-electron chi connectivity index (χ1n) is 5.67. The van der Waals surface area contributed by atoms with Gasteiger partial charge in [-0.05, 0) is 29.8 Å². The van der Waals surface area contributed by atoms with Crippen molar-refractivity contribution in [3.8, 4) is 5.75 Å². The maximum Gasteiger partial charge on any atom is 0.419 e. The Bertz CT molecular complexity index is 598. The zero-order valence-corrected chi connectivity index (χ0v) is 11.8. The van der Waals surface area contributed by atoms with E-state index < -0.39 is 11.7 Å².